The molecule has 1 aliphatic carbocycles. The summed E-state index contributed by atoms with van der Waals surface area (Å²) in [6.07, 6.45) is 10.6. The van der Waals surface area contributed by atoms with Crippen molar-refractivity contribution < 1.29 is 9.69 Å². The van der Waals surface area contributed by atoms with Crippen molar-refractivity contribution in [3.63, 3.8) is 0 Å². The summed E-state index contributed by atoms with van der Waals surface area (Å²) >= 11 is 0. The predicted octanol–water partition coefficient (Wildman–Crippen LogP) is 3.11. The lowest BCUT2D eigenvalue weighted by atomic mass is 9.93. The third-order valence-corrected chi connectivity index (χ3v) is 6.45. The maximum Gasteiger partial charge on any atom is 0.282 e. The Bertz CT molecular complexity index is 748. The summed E-state index contributed by atoms with van der Waals surface area (Å²) in [7, 11) is 2.12. The van der Waals surface area contributed by atoms with Gasteiger partial charge in [0.25, 0.3) is 5.91 Å². The molecule has 4 heteroatoms. The lowest BCUT2D eigenvalue weighted by molar-refractivity contribution is -0.910. The van der Waals surface area contributed by atoms with Crippen LogP contribution in [0.15, 0.2) is 48.7 Å². The van der Waals surface area contributed by atoms with E-state index in [1.54, 1.807) is 0 Å². The van der Waals surface area contributed by atoms with Gasteiger partial charge < -0.3 is 14.4 Å². The Morgan fingerprint density at radius 2 is 1.81 bits per heavy atom. The van der Waals surface area contributed by atoms with Crippen LogP contribution in [0.2, 0.25) is 0 Å². The number of para-hydroxylation sites is 1. The summed E-state index contributed by atoms with van der Waals surface area (Å²) in [6.45, 7) is 1.69. The number of likely N-dealkylation sites (tertiary alicyclic amines) is 1. The zero-order valence-corrected chi connectivity index (χ0v) is 16.4. The van der Waals surface area contributed by atoms with E-state index in [1.165, 1.54) is 42.7 Å². The first-order chi connectivity index (χ1) is 13.2. The summed E-state index contributed by atoms with van der Waals surface area (Å²) in [5.41, 5.74) is 2.43. The van der Waals surface area contributed by atoms with E-state index < -0.39 is 0 Å². The van der Waals surface area contributed by atoms with E-state index in [-0.39, 0.29) is 0 Å². The number of anilines is 1. The summed E-state index contributed by atoms with van der Waals surface area (Å²) in [5.74, 6) is 0.296. The molecule has 0 radical (unpaired) electrons. The number of carbonyl (C=O) groups is 1. The van der Waals surface area contributed by atoms with Crippen LogP contribution in [0.3, 0.4) is 0 Å². The second-order valence-corrected chi connectivity index (χ2v) is 8.21. The third-order valence-electron chi connectivity index (χ3n) is 6.45. The second kappa shape index (κ2) is 8.30. The number of aromatic nitrogens is 1. The number of hydrogen-bond donors (Lipinski definition) is 1. The van der Waals surface area contributed by atoms with Crippen molar-refractivity contribution in [3.05, 3.63) is 54.4 Å². The first-order valence-electron chi connectivity index (χ1n) is 10.6. The molecule has 4 nitrogen and oxygen atoms in total. The van der Waals surface area contributed by atoms with Gasteiger partial charge in [0.1, 0.15) is 6.04 Å². The first-order valence-corrected chi connectivity index (χ1v) is 10.6. The molecule has 1 N–H and O–H groups in total. The molecule has 1 aromatic heterocycles. The maximum atomic E-state index is 13.5. The Balaban J connectivity index is 1.53. The molecule has 2 atom stereocenters. The molecule has 2 aromatic rings. The van der Waals surface area contributed by atoms with Crippen LogP contribution >= 0.6 is 0 Å². The van der Waals surface area contributed by atoms with Crippen molar-refractivity contribution in [2.45, 2.75) is 57.0 Å². The fourth-order valence-corrected chi connectivity index (χ4v) is 5.08. The molecule has 0 bridgehead atoms. The highest BCUT2D eigenvalue weighted by atomic mass is 16.2. The second-order valence-electron chi connectivity index (χ2n) is 8.21. The lowest BCUT2D eigenvalue weighted by Gasteiger charge is -2.35. The lowest BCUT2D eigenvalue weighted by Crippen LogP contribution is -3.11. The van der Waals surface area contributed by atoms with E-state index in [2.05, 4.69) is 47.0 Å². The highest BCUT2D eigenvalue weighted by molar-refractivity contribution is 5.94. The molecule has 2 heterocycles. The maximum absolute atomic E-state index is 13.5. The molecule has 1 unspecified atom stereocenters. The van der Waals surface area contributed by atoms with Crippen molar-refractivity contribution in [3.8, 4) is 0 Å². The van der Waals surface area contributed by atoms with Crippen molar-refractivity contribution in [2.75, 3.05) is 18.0 Å². The molecule has 2 fully saturated rings. The third kappa shape index (κ3) is 3.96. The summed E-state index contributed by atoms with van der Waals surface area (Å²) < 4.78 is 2.22. The summed E-state index contributed by atoms with van der Waals surface area (Å²) in [4.78, 5) is 17.1. The monoisotopic (exact) mass is 366 g/mol. The molecule has 144 valence electrons. The van der Waals surface area contributed by atoms with Crippen LogP contribution < -0.4 is 9.80 Å². The molecule has 1 saturated heterocycles. The molecule has 1 aliphatic heterocycles. The number of benzene rings is 1. The van der Waals surface area contributed by atoms with Crippen LogP contribution in [-0.2, 0) is 11.8 Å². The average Bonchev–Trinajstić information content (AvgIpc) is 3.32. The van der Waals surface area contributed by atoms with Crippen molar-refractivity contribution in [2.24, 2.45) is 7.05 Å². The van der Waals surface area contributed by atoms with Crippen LogP contribution in [0.4, 0.5) is 5.69 Å². The van der Waals surface area contributed by atoms with Gasteiger partial charge in [-0.25, -0.2) is 0 Å². The molecule has 27 heavy (non-hydrogen) atoms. The minimum Gasteiger partial charge on any atom is -0.350 e. The predicted molar refractivity (Wildman–Crippen MR) is 109 cm³/mol. The van der Waals surface area contributed by atoms with Crippen molar-refractivity contribution in [1.29, 1.82) is 0 Å². The van der Waals surface area contributed by atoms with Gasteiger partial charge in [-0.15, -0.1) is 0 Å². The van der Waals surface area contributed by atoms with Crippen molar-refractivity contribution in [1.82, 2.24) is 4.57 Å². The summed E-state index contributed by atoms with van der Waals surface area (Å²) in [6, 6.07) is 15.5. The molecular weight excluding hydrogens is 334 g/mol. The Morgan fingerprint density at radius 3 is 2.52 bits per heavy atom. The minimum absolute atomic E-state index is 0.296. The SMILES string of the molecule is Cn1cccc1[C@H]1CCC[NH+]1CC(=O)N(c1ccccc1)C1CCCCC1. The van der Waals surface area contributed by atoms with E-state index in [9.17, 15) is 4.79 Å². The van der Waals surface area contributed by atoms with Gasteiger partial charge in [0, 0.05) is 37.8 Å². The van der Waals surface area contributed by atoms with Crippen molar-refractivity contribution >= 4 is 11.6 Å². The standard InChI is InChI=1S/C23H31N3O/c1-24-16-8-14-21(24)22-15-9-17-25(22)18-23(27)26(19-10-4-2-5-11-19)20-12-6-3-7-13-20/h2,4-5,8,10-11,14,16,20,22H,3,6-7,9,12-13,15,17-18H2,1H3/p+1/t22-/m1/s1. The van der Waals surface area contributed by atoms with Gasteiger partial charge in [0.05, 0.1) is 12.2 Å². The molecule has 4 rings (SSSR count). The largest absolute Gasteiger partial charge is 0.350 e. The first kappa shape index (κ1) is 18.3. The smallest absolute Gasteiger partial charge is 0.282 e. The number of hydrogen-bond acceptors (Lipinski definition) is 1. The van der Waals surface area contributed by atoms with Crippen LogP contribution in [0, 0.1) is 0 Å². The Hall–Kier alpha value is -2.07. The summed E-state index contributed by atoms with van der Waals surface area (Å²) in [5, 5.41) is 0. The van der Waals surface area contributed by atoms with E-state index in [0.29, 0.717) is 24.5 Å². The number of carbonyl (C=O) groups excluding carboxylic acids is 1. The topological polar surface area (TPSA) is 29.7 Å². The average molecular weight is 367 g/mol. The van der Waals surface area contributed by atoms with Gasteiger partial charge in [-0.05, 0) is 37.1 Å². The van der Waals surface area contributed by atoms with Gasteiger partial charge in [-0.3, -0.25) is 4.79 Å². The normalized spacial score (nSPS) is 23.4. The number of amides is 1. The zero-order chi connectivity index (χ0) is 18.6. The molecule has 1 aromatic carbocycles. The quantitative estimate of drug-likeness (QED) is 0.866. The van der Waals surface area contributed by atoms with Gasteiger partial charge in [-0.2, -0.15) is 0 Å². The van der Waals surface area contributed by atoms with Crippen LogP contribution in [0.5, 0.6) is 0 Å². The van der Waals surface area contributed by atoms with Crippen LogP contribution in [0.25, 0.3) is 0 Å². The van der Waals surface area contributed by atoms with Crippen LogP contribution in [0.1, 0.15) is 56.7 Å². The van der Waals surface area contributed by atoms with E-state index in [0.717, 1.165) is 25.1 Å². The van der Waals surface area contributed by atoms with Gasteiger partial charge in [-0.1, -0.05) is 37.5 Å². The number of aryl methyl sites for hydroxylation is 1. The van der Waals surface area contributed by atoms with Gasteiger partial charge >= 0.3 is 0 Å². The molecule has 2 aliphatic rings. The zero-order valence-electron chi connectivity index (χ0n) is 16.4. The van der Waals surface area contributed by atoms with Crippen LogP contribution in [-0.4, -0.2) is 29.6 Å². The molecule has 0 spiro atoms. The minimum atomic E-state index is 0.296. The van der Waals surface area contributed by atoms with E-state index in [4.69, 9.17) is 0 Å². The number of rotatable bonds is 5. The van der Waals surface area contributed by atoms with Gasteiger partial charge in [0.2, 0.25) is 0 Å². The van der Waals surface area contributed by atoms with E-state index >= 15 is 0 Å². The highest BCUT2D eigenvalue weighted by Crippen LogP contribution is 2.27. The molecular formula is C23H32N3O+. The Morgan fingerprint density at radius 1 is 1.04 bits per heavy atom. The number of nitrogens with zero attached hydrogens (tertiary/aromatic N) is 2. The Kier molecular flexibility index (Phi) is 5.63. The number of nitrogens with one attached hydrogen (secondary N) is 1. The molecule has 1 amide bonds. The highest BCUT2D eigenvalue weighted by Gasteiger charge is 2.36. The number of quaternary nitrogens is 1. The fraction of sp³-hybridized carbons (Fsp3) is 0.522. The van der Waals surface area contributed by atoms with E-state index in [1.807, 2.05) is 18.2 Å². The molecule has 1 saturated carbocycles. The Labute approximate surface area is 162 Å². The fourth-order valence-electron chi connectivity index (χ4n) is 5.08. The van der Waals surface area contributed by atoms with Gasteiger partial charge in [0.15, 0.2) is 6.54 Å².